The van der Waals surface area contributed by atoms with Crippen molar-refractivity contribution in [3.05, 3.63) is 83.4 Å². The average molecular weight is 449 g/mol. The van der Waals surface area contributed by atoms with Gasteiger partial charge in [-0.2, -0.15) is 0 Å². The van der Waals surface area contributed by atoms with Crippen molar-refractivity contribution in [2.45, 2.75) is 29.9 Å². The third-order valence-corrected chi connectivity index (χ3v) is 8.00. The van der Waals surface area contributed by atoms with E-state index in [9.17, 15) is 8.42 Å². The summed E-state index contributed by atoms with van der Waals surface area (Å²) >= 11 is 0. The van der Waals surface area contributed by atoms with E-state index in [2.05, 4.69) is 22.2 Å². The van der Waals surface area contributed by atoms with Gasteiger partial charge in [-0.25, -0.2) is 8.42 Å². The van der Waals surface area contributed by atoms with Crippen LogP contribution >= 0.6 is 0 Å². The molecule has 7 heteroatoms. The van der Waals surface area contributed by atoms with Gasteiger partial charge < -0.3 is 14.8 Å². The van der Waals surface area contributed by atoms with Crippen LogP contribution in [0.3, 0.4) is 0 Å². The molecule has 3 aliphatic rings. The summed E-state index contributed by atoms with van der Waals surface area (Å²) in [6, 6.07) is 21.2. The maximum Gasteiger partial charge on any atom is 0.261 e. The maximum absolute atomic E-state index is 13.2. The number of nitrogens with one attached hydrogen (secondary N) is 2. The topological polar surface area (TPSA) is 76.7 Å². The predicted octanol–water partition coefficient (Wildman–Crippen LogP) is 4.67. The Kier molecular flexibility index (Phi) is 4.62. The lowest BCUT2D eigenvalue weighted by atomic mass is 9.81. The van der Waals surface area contributed by atoms with Crippen LogP contribution in [0.15, 0.2) is 71.6 Å². The summed E-state index contributed by atoms with van der Waals surface area (Å²) in [5.74, 6) is 1.08. The number of hydrogen-bond donors (Lipinski definition) is 2. The van der Waals surface area contributed by atoms with Crippen molar-refractivity contribution in [1.29, 1.82) is 0 Å². The van der Waals surface area contributed by atoms with Crippen LogP contribution in [-0.2, 0) is 21.2 Å². The van der Waals surface area contributed by atoms with Gasteiger partial charge in [-0.15, -0.1) is 0 Å². The lowest BCUT2D eigenvalue weighted by Crippen LogP contribution is -2.29. The van der Waals surface area contributed by atoms with E-state index in [4.69, 9.17) is 9.47 Å². The summed E-state index contributed by atoms with van der Waals surface area (Å²) in [5, 5.41) is 3.63. The predicted molar refractivity (Wildman–Crippen MR) is 122 cm³/mol. The van der Waals surface area contributed by atoms with E-state index >= 15 is 0 Å². The fraction of sp³-hybridized carbons (Fsp3) is 0.280. The Morgan fingerprint density at radius 3 is 2.72 bits per heavy atom. The number of fused-ring (bicyclic) bond motifs is 4. The standard InChI is InChI=1S/C25H24N2O4S/c28-32(29,27-18-6-9-23-17(14-18)10-12-30-23)19-7-8-22-21(15-19)25-20(11-13-31-25)24(26-22)16-4-2-1-3-5-16/h1-9,14-15,20,24-27H,10-13H2/t20-,24?,25-/m0/s1. The summed E-state index contributed by atoms with van der Waals surface area (Å²) in [4.78, 5) is 0.238. The van der Waals surface area contributed by atoms with Gasteiger partial charge in [0.15, 0.2) is 0 Å². The van der Waals surface area contributed by atoms with Crippen molar-refractivity contribution < 1.29 is 17.9 Å². The zero-order valence-corrected chi connectivity index (χ0v) is 18.3. The van der Waals surface area contributed by atoms with Gasteiger partial charge in [0.05, 0.1) is 23.6 Å². The molecule has 1 unspecified atom stereocenters. The van der Waals surface area contributed by atoms with Crippen LogP contribution in [0.2, 0.25) is 0 Å². The summed E-state index contributed by atoms with van der Waals surface area (Å²) in [7, 11) is -3.73. The van der Waals surface area contributed by atoms with E-state index in [1.807, 2.05) is 36.4 Å². The lowest BCUT2D eigenvalue weighted by Gasteiger charge is -2.36. The van der Waals surface area contributed by atoms with Crippen molar-refractivity contribution in [1.82, 2.24) is 0 Å². The largest absolute Gasteiger partial charge is 0.493 e. The Labute approximate surface area is 187 Å². The number of ether oxygens (including phenoxy) is 2. The highest BCUT2D eigenvalue weighted by atomic mass is 32.2. The highest BCUT2D eigenvalue weighted by Gasteiger charge is 2.41. The number of hydrogen-bond acceptors (Lipinski definition) is 5. The molecular formula is C25H24N2O4S. The minimum absolute atomic E-state index is 0.122. The zero-order valence-electron chi connectivity index (χ0n) is 17.5. The number of rotatable bonds is 4. The molecule has 0 spiro atoms. The molecule has 0 saturated carbocycles. The van der Waals surface area contributed by atoms with Gasteiger partial charge in [0.1, 0.15) is 5.75 Å². The molecule has 3 aromatic carbocycles. The summed E-state index contributed by atoms with van der Waals surface area (Å²) in [5.41, 5.74) is 4.62. The molecule has 0 aliphatic carbocycles. The molecule has 3 aromatic rings. The summed E-state index contributed by atoms with van der Waals surface area (Å²) < 4.78 is 40.7. The second kappa shape index (κ2) is 7.53. The Bertz CT molecular complexity index is 1280. The van der Waals surface area contributed by atoms with Crippen molar-refractivity contribution in [3.63, 3.8) is 0 Å². The highest BCUT2D eigenvalue weighted by molar-refractivity contribution is 7.92. The monoisotopic (exact) mass is 448 g/mol. The third-order valence-electron chi connectivity index (χ3n) is 6.62. The van der Waals surface area contributed by atoms with Gasteiger partial charge in [0.25, 0.3) is 10.0 Å². The Balaban J connectivity index is 1.32. The van der Waals surface area contributed by atoms with Crippen LogP contribution in [0.25, 0.3) is 0 Å². The minimum Gasteiger partial charge on any atom is -0.493 e. The molecule has 6 rings (SSSR count). The molecule has 6 nitrogen and oxygen atoms in total. The van der Waals surface area contributed by atoms with Gasteiger partial charge in [-0.05, 0) is 53.9 Å². The Hall–Kier alpha value is -3.03. The number of anilines is 2. The highest BCUT2D eigenvalue weighted by Crippen LogP contribution is 2.50. The molecule has 0 radical (unpaired) electrons. The Morgan fingerprint density at radius 1 is 0.969 bits per heavy atom. The fourth-order valence-corrected chi connectivity index (χ4v) is 6.16. The second-order valence-corrected chi connectivity index (χ2v) is 10.2. The van der Waals surface area contributed by atoms with Gasteiger partial charge in [0, 0.05) is 35.9 Å². The molecule has 3 atom stereocenters. The van der Waals surface area contributed by atoms with E-state index in [0.717, 1.165) is 35.4 Å². The van der Waals surface area contributed by atoms with Crippen LogP contribution in [0.1, 0.15) is 35.3 Å². The summed E-state index contributed by atoms with van der Waals surface area (Å²) in [6.07, 6.45) is 1.60. The first-order valence-electron chi connectivity index (χ1n) is 10.9. The van der Waals surface area contributed by atoms with Crippen LogP contribution in [0.4, 0.5) is 11.4 Å². The fourth-order valence-electron chi connectivity index (χ4n) is 5.07. The average Bonchev–Trinajstić information content (AvgIpc) is 3.48. The Morgan fingerprint density at radius 2 is 1.84 bits per heavy atom. The van der Waals surface area contributed by atoms with Crippen LogP contribution < -0.4 is 14.8 Å². The van der Waals surface area contributed by atoms with E-state index in [1.165, 1.54) is 5.56 Å². The molecule has 2 N–H and O–H groups in total. The maximum atomic E-state index is 13.2. The normalized spacial score (nSPS) is 23.4. The number of benzene rings is 3. The molecule has 1 saturated heterocycles. The SMILES string of the molecule is O=S(=O)(Nc1ccc2c(c1)CCO2)c1ccc2c(c1)[C@H]1OCC[C@H]1C(c1ccccc1)N2. The van der Waals surface area contributed by atoms with Gasteiger partial charge >= 0.3 is 0 Å². The first-order chi connectivity index (χ1) is 15.6. The smallest absolute Gasteiger partial charge is 0.261 e. The van der Waals surface area contributed by atoms with Gasteiger partial charge in [0.2, 0.25) is 0 Å². The van der Waals surface area contributed by atoms with E-state index in [-0.39, 0.29) is 23.0 Å². The van der Waals surface area contributed by atoms with E-state index in [0.29, 0.717) is 18.9 Å². The van der Waals surface area contributed by atoms with Gasteiger partial charge in [-0.3, -0.25) is 4.72 Å². The second-order valence-electron chi connectivity index (χ2n) is 8.55. The molecule has 3 aliphatic heterocycles. The number of sulfonamides is 1. The van der Waals surface area contributed by atoms with Gasteiger partial charge in [-0.1, -0.05) is 30.3 Å². The van der Waals surface area contributed by atoms with Crippen LogP contribution in [-0.4, -0.2) is 21.6 Å². The third kappa shape index (κ3) is 3.32. The molecule has 0 aromatic heterocycles. The molecule has 0 bridgehead atoms. The van der Waals surface area contributed by atoms with Crippen LogP contribution in [0, 0.1) is 5.92 Å². The molecule has 1 fully saturated rings. The zero-order chi connectivity index (χ0) is 21.7. The lowest BCUT2D eigenvalue weighted by molar-refractivity contribution is 0.0827. The van der Waals surface area contributed by atoms with E-state index in [1.54, 1.807) is 18.2 Å². The van der Waals surface area contributed by atoms with Crippen LogP contribution in [0.5, 0.6) is 5.75 Å². The quantitative estimate of drug-likeness (QED) is 0.607. The van der Waals surface area contributed by atoms with Crippen molar-refractivity contribution in [3.8, 4) is 5.75 Å². The first-order valence-corrected chi connectivity index (χ1v) is 12.4. The minimum atomic E-state index is -3.73. The van der Waals surface area contributed by atoms with Crippen molar-refractivity contribution in [2.24, 2.45) is 5.92 Å². The molecule has 164 valence electrons. The van der Waals surface area contributed by atoms with E-state index < -0.39 is 10.0 Å². The molecular weight excluding hydrogens is 424 g/mol. The van der Waals surface area contributed by atoms with Crippen molar-refractivity contribution >= 4 is 21.4 Å². The van der Waals surface area contributed by atoms with Crippen molar-refractivity contribution in [2.75, 3.05) is 23.3 Å². The first kappa shape index (κ1) is 19.6. The summed E-state index contributed by atoms with van der Waals surface area (Å²) in [6.45, 7) is 1.31. The molecule has 3 heterocycles. The molecule has 0 amide bonds. The molecule has 32 heavy (non-hydrogen) atoms.